The van der Waals surface area contributed by atoms with Crippen molar-refractivity contribution in [1.29, 1.82) is 0 Å². The van der Waals surface area contributed by atoms with Crippen molar-refractivity contribution in [2.45, 2.75) is 46.5 Å². The first-order valence-electron chi connectivity index (χ1n) is 9.89. The van der Waals surface area contributed by atoms with E-state index in [0.717, 1.165) is 12.0 Å². The van der Waals surface area contributed by atoms with Gasteiger partial charge in [-0.1, -0.05) is 50.1 Å². The van der Waals surface area contributed by atoms with E-state index in [9.17, 15) is 9.59 Å². The Balaban J connectivity index is 2.06. The number of fused-ring (bicyclic) bond motifs is 1. The summed E-state index contributed by atoms with van der Waals surface area (Å²) in [6.45, 7) is 5.96. The van der Waals surface area contributed by atoms with Crippen molar-refractivity contribution in [2.24, 2.45) is 0 Å². The van der Waals surface area contributed by atoms with Crippen molar-refractivity contribution in [3.63, 3.8) is 0 Å². The van der Waals surface area contributed by atoms with Crippen LogP contribution in [0.3, 0.4) is 0 Å². The molecule has 0 radical (unpaired) electrons. The second-order valence-electron chi connectivity index (χ2n) is 6.94. The third-order valence-corrected chi connectivity index (χ3v) is 4.93. The zero-order valence-electron chi connectivity index (χ0n) is 16.7. The maximum absolute atomic E-state index is 12.9. The van der Waals surface area contributed by atoms with E-state index >= 15 is 0 Å². The number of benzene rings is 2. The van der Waals surface area contributed by atoms with Gasteiger partial charge in [0, 0.05) is 11.1 Å². The minimum absolute atomic E-state index is 0.130. The Morgan fingerprint density at radius 2 is 1.79 bits per heavy atom. The van der Waals surface area contributed by atoms with Gasteiger partial charge in [-0.3, -0.25) is 4.79 Å². The van der Waals surface area contributed by atoms with Gasteiger partial charge in [0.1, 0.15) is 11.3 Å². The summed E-state index contributed by atoms with van der Waals surface area (Å²) in [6, 6.07) is 13.1. The van der Waals surface area contributed by atoms with Gasteiger partial charge in [0.25, 0.3) is 0 Å². The maximum atomic E-state index is 12.9. The molecule has 0 saturated carbocycles. The summed E-state index contributed by atoms with van der Waals surface area (Å²) in [7, 11) is 0. The number of carbonyl (C=O) groups excluding carboxylic acids is 1. The van der Waals surface area contributed by atoms with E-state index in [2.05, 4.69) is 19.1 Å². The summed E-state index contributed by atoms with van der Waals surface area (Å²) in [5, 5.41) is 0.392. The van der Waals surface area contributed by atoms with Crippen molar-refractivity contribution >= 4 is 16.9 Å². The molecule has 146 valence electrons. The van der Waals surface area contributed by atoms with Crippen molar-refractivity contribution in [3.05, 3.63) is 69.4 Å². The number of carbonyl (C=O) groups is 1. The summed E-state index contributed by atoms with van der Waals surface area (Å²) in [5.74, 6) is 0.00619. The van der Waals surface area contributed by atoms with E-state index in [4.69, 9.17) is 9.15 Å². The molecule has 0 aliphatic carbocycles. The van der Waals surface area contributed by atoms with Gasteiger partial charge in [-0.25, -0.2) is 4.79 Å². The van der Waals surface area contributed by atoms with Crippen LogP contribution < -0.4 is 5.43 Å². The third-order valence-electron chi connectivity index (χ3n) is 4.93. The largest absolute Gasteiger partial charge is 0.462 e. The van der Waals surface area contributed by atoms with Gasteiger partial charge in [0.2, 0.25) is 0 Å². The predicted octanol–water partition coefficient (Wildman–Crippen LogP) is 5.68. The van der Waals surface area contributed by atoms with Crippen LogP contribution in [0, 0.1) is 6.92 Å². The summed E-state index contributed by atoms with van der Waals surface area (Å²) >= 11 is 0. The molecule has 0 bridgehead atoms. The van der Waals surface area contributed by atoms with Gasteiger partial charge >= 0.3 is 5.97 Å². The van der Waals surface area contributed by atoms with Crippen LogP contribution in [0.5, 0.6) is 0 Å². The molecule has 28 heavy (non-hydrogen) atoms. The monoisotopic (exact) mass is 378 g/mol. The lowest BCUT2D eigenvalue weighted by atomic mass is 10.0. The van der Waals surface area contributed by atoms with Gasteiger partial charge in [-0.2, -0.15) is 0 Å². The standard InChI is InChI=1S/C24H26O4/c1-4-6-7-9-17-12-14-18(15-13-17)22-16(3)21(25)19-10-8-11-20(23(19)28-22)24(26)27-5-2/h8,10-15H,4-7,9H2,1-3H3. The van der Waals surface area contributed by atoms with E-state index in [1.54, 1.807) is 32.0 Å². The molecular weight excluding hydrogens is 352 g/mol. The highest BCUT2D eigenvalue weighted by molar-refractivity contribution is 6.02. The highest BCUT2D eigenvalue weighted by Gasteiger charge is 2.19. The van der Waals surface area contributed by atoms with Crippen LogP contribution in [-0.4, -0.2) is 12.6 Å². The van der Waals surface area contributed by atoms with Crippen LogP contribution in [0.1, 0.15) is 54.6 Å². The zero-order valence-corrected chi connectivity index (χ0v) is 16.7. The summed E-state index contributed by atoms with van der Waals surface area (Å²) in [5.41, 5.74) is 3.05. The molecule has 4 nitrogen and oxygen atoms in total. The Hall–Kier alpha value is -2.88. The molecule has 2 aromatic carbocycles. The minimum Gasteiger partial charge on any atom is -0.462 e. The molecule has 0 spiro atoms. The lowest BCUT2D eigenvalue weighted by Crippen LogP contribution is -2.11. The molecular formula is C24H26O4. The topological polar surface area (TPSA) is 56.5 Å². The molecule has 0 saturated heterocycles. The lowest BCUT2D eigenvalue weighted by Gasteiger charge is -2.10. The van der Waals surface area contributed by atoms with Gasteiger partial charge < -0.3 is 9.15 Å². The fourth-order valence-electron chi connectivity index (χ4n) is 3.36. The number of unbranched alkanes of at least 4 members (excludes halogenated alkanes) is 2. The first-order chi connectivity index (χ1) is 13.6. The Morgan fingerprint density at radius 1 is 1.04 bits per heavy atom. The Kier molecular flexibility index (Phi) is 6.30. The molecule has 0 N–H and O–H groups in total. The molecule has 0 atom stereocenters. The van der Waals surface area contributed by atoms with Gasteiger partial charge in [0.05, 0.1) is 12.0 Å². The molecule has 3 rings (SSSR count). The number of hydrogen-bond donors (Lipinski definition) is 0. The first kappa shape index (κ1) is 19.9. The Labute approximate surface area is 165 Å². The van der Waals surface area contributed by atoms with E-state index < -0.39 is 5.97 Å². The smallest absolute Gasteiger partial charge is 0.341 e. The number of para-hydroxylation sites is 1. The average Bonchev–Trinajstić information content (AvgIpc) is 2.71. The number of aryl methyl sites for hydroxylation is 1. The van der Waals surface area contributed by atoms with Crippen LogP contribution in [0.2, 0.25) is 0 Å². The molecule has 0 unspecified atom stereocenters. The van der Waals surface area contributed by atoms with E-state index in [0.29, 0.717) is 16.7 Å². The average molecular weight is 378 g/mol. The Bertz CT molecular complexity index is 1030. The van der Waals surface area contributed by atoms with Crippen LogP contribution >= 0.6 is 0 Å². The zero-order chi connectivity index (χ0) is 20.1. The van der Waals surface area contributed by atoms with Gasteiger partial charge in [-0.05, 0) is 44.4 Å². The SMILES string of the molecule is CCCCCc1ccc(-c2oc3c(C(=O)OCC)cccc3c(=O)c2C)cc1. The highest BCUT2D eigenvalue weighted by atomic mass is 16.5. The number of rotatable bonds is 7. The molecule has 0 aliphatic heterocycles. The molecule has 1 heterocycles. The van der Waals surface area contributed by atoms with Crippen LogP contribution in [0.15, 0.2) is 51.7 Å². The molecule has 0 fully saturated rings. The summed E-state index contributed by atoms with van der Waals surface area (Å²) in [6.07, 6.45) is 4.63. The van der Waals surface area contributed by atoms with Gasteiger partial charge in [-0.15, -0.1) is 0 Å². The third kappa shape index (κ3) is 4.01. The van der Waals surface area contributed by atoms with Crippen LogP contribution in [0.25, 0.3) is 22.3 Å². The van der Waals surface area contributed by atoms with Crippen LogP contribution in [0.4, 0.5) is 0 Å². The fraction of sp³-hybridized carbons (Fsp3) is 0.333. The minimum atomic E-state index is -0.489. The van der Waals surface area contributed by atoms with Gasteiger partial charge in [0.15, 0.2) is 11.0 Å². The Morgan fingerprint density at radius 3 is 2.46 bits per heavy atom. The van der Waals surface area contributed by atoms with Crippen molar-refractivity contribution in [3.8, 4) is 11.3 Å². The van der Waals surface area contributed by atoms with Crippen molar-refractivity contribution in [1.82, 2.24) is 0 Å². The first-order valence-corrected chi connectivity index (χ1v) is 9.89. The lowest BCUT2D eigenvalue weighted by molar-refractivity contribution is 0.0527. The normalized spacial score (nSPS) is 11.0. The highest BCUT2D eigenvalue weighted by Crippen LogP contribution is 2.28. The molecule has 1 aromatic heterocycles. The van der Waals surface area contributed by atoms with Crippen molar-refractivity contribution in [2.75, 3.05) is 6.61 Å². The van der Waals surface area contributed by atoms with E-state index in [-0.39, 0.29) is 23.2 Å². The summed E-state index contributed by atoms with van der Waals surface area (Å²) < 4.78 is 11.2. The van der Waals surface area contributed by atoms with Crippen molar-refractivity contribution < 1.29 is 13.9 Å². The number of ether oxygens (including phenoxy) is 1. The van der Waals surface area contributed by atoms with E-state index in [1.807, 2.05) is 12.1 Å². The van der Waals surface area contributed by atoms with E-state index in [1.165, 1.54) is 24.8 Å². The molecule has 0 aliphatic rings. The molecule has 0 amide bonds. The second kappa shape index (κ2) is 8.87. The number of esters is 1. The summed E-state index contributed by atoms with van der Waals surface area (Å²) in [4.78, 5) is 25.2. The van der Waals surface area contributed by atoms with Crippen LogP contribution in [-0.2, 0) is 11.2 Å². The fourth-order valence-corrected chi connectivity index (χ4v) is 3.36. The second-order valence-corrected chi connectivity index (χ2v) is 6.94. The quantitative estimate of drug-likeness (QED) is 0.392. The molecule has 4 heteroatoms. The molecule has 3 aromatic rings. The number of hydrogen-bond acceptors (Lipinski definition) is 4. The maximum Gasteiger partial charge on any atom is 0.341 e. The predicted molar refractivity (Wildman–Crippen MR) is 112 cm³/mol.